The molecule has 1 aromatic heterocycles. The zero-order valence-electron chi connectivity index (χ0n) is 35.5. The molecule has 0 amide bonds. The molecule has 3 heterocycles. The standard InChI is InChI=1S/C52H53N3O2/c1-29-22-38-39-23-30(2)32(4)25-43(39)52(12)48(40(38)24-31(29)3)57-49(54-52)37-28-46(34(6)21-33(37)5)56-36-17-18-42-45(27-36)55(44-16-14-13-15-41(44)51(42,10)11)47-26-35(19-20-53-47)50(7,8)9/h13-28,48H,1-12H3/t48-,52+/m0/s1. The first kappa shape index (κ1) is 36.9. The van der Waals surface area contributed by atoms with Crippen molar-refractivity contribution in [3.05, 3.63) is 164 Å². The monoisotopic (exact) mass is 751 g/mol. The molecule has 5 aromatic carbocycles. The Kier molecular flexibility index (Phi) is 8.20. The normalized spacial score (nSPS) is 18.8. The van der Waals surface area contributed by atoms with Crippen LogP contribution in [0.25, 0.3) is 11.1 Å². The highest BCUT2D eigenvalue weighted by molar-refractivity contribution is 5.99. The second-order valence-electron chi connectivity index (χ2n) is 18.4. The summed E-state index contributed by atoms with van der Waals surface area (Å²) < 4.78 is 13.9. The number of aliphatic imine (C=N–C) groups is 1. The highest BCUT2D eigenvalue weighted by atomic mass is 16.5. The Hall–Kier alpha value is -5.68. The molecule has 288 valence electrons. The van der Waals surface area contributed by atoms with Crippen LogP contribution in [0.2, 0.25) is 0 Å². The molecule has 0 bridgehead atoms. The van der Waals surface area contributed by atoms with E-state index in [0.717, 1.165) is 45.4 Å². The Morgan fingerprint density at radius 1 is 0.632 bits per heavy atom. The Morgan fingerprint density at radius 2 is 1.32 bits per heavy atom. The number of aromatic nitrogens is 1. The van der Waals surface area contributed by atoms with E-state index in [-0.39, 0.29) is 16.9 Å². The first-order valence-corrected chi connectivity index (χ1v) is 20.3. The molecule has 3 aliphatic rings. The highest BCUT2D eigenvalue weighted by Crippen LogP contribution is 2.57. The molecule has 5 heteroatoms. The summed E-state index contributed by atoms with van der Waals surface area (Å²) >= 11 is 0. The van der Waals surface area contributed by atoms with Gasteiger partial charge in [-0.25, -0.2) is 9.98 Å². The Labute approximate surface area is 338 Å². The molecule has 1 aliphatic carbocycles. The first-order chi connectivity index (χ1) is 27.0. The van der Waals surface area contributed by atoms with Crippen molar-refractivity contribution in [3.63, 3.8) is 0 Å². The van der Waals surface area contributed by atoms with Crippen LogP contribution < -0.4 is 9.64 Å². The zero-order chi connectivity index (χ0) is 40.3. The van der Waals surface area contributed by atoms with Gasteiger partial charge in [0.25, 0.3) is 0 Å². The van der Waals surface area contributed by atoms with Gasteiger partial charge in [-0.2, -0.15) is 0 Å². The van der Waals surface area contributed by atoms with Gasteiger partial charge in [0, 0.05) is 28.8 Å². The summed E-state index contributed by atoms with van der Waals surface area (Å²) in [5.41, 5.74) is 18.2. The maximum absolute atomic E-state index is 7.04. The number of fused-ring (bicyclic) bond motifs is 8. The third-order valence-corrected chi connectivity index (χ3v) is 13.0. The van der Waals surface area contributed by atoms with Crippen molar-refractivity contribution in [1.29, 1.82) is 0 Å². The van der Waals surface area contributed by atoms with Crippen molar-refractivity contribution in [3.8, 4) is 22.6 Å². The molecule has 9 rings (SSSR count). The first-order valence-electron chi connectivity index (χ1n) is 20.3. The van der Waals surface area contributed by atoms with E-state index in [1.807, 2.05) is 6.20 Å². The maximum atomic E-state index is 7.04. The zero-order valence-corrected chi connectivity index (χ0v) is 35.5. The van der Waals surface area contributed by atoms with Crippen LogP contribution in [0, 0.1) is 41.5 Å². The SMILES string of the molecule is Cc1cc2c(cc1C)[C@@H]1OC(c3cc(Oc4ccc5c(c4)N(c4cc(C(C)(C)C)ccn4)c4ccccc4C5(C)C)c(C)cc3C)=N[C@]1(C)c1cc(C)c(C)cc1-2. The number of ether oxygens (including phenoxy) is 2. The van der Waals surface area contributed by atoms with E-state index in [1.54, 1.807) is 0 Å². The molecule has 0 spiro atoms. The molecule has 5 nitrogen and oxygen atoms in total. The van der Waals surface area contributed by atoms with E-state index in [9.17, 15) is 0 Å². The Morgan fingerprint density at radius 3 is 2.07 bits per heavy atom. The van der Waals surface area contributed by atoms with E-state index in [0.29, 0.717) is 5.90 Å². The van der Waals surface area contributed by atoms with Crippen LogP contribution in [0.1, 0.15) is 114 Å². The maximum Gasteiger partial charge on any atom is 0.218 e. The van der Waals surface area contributed by atoms with Gasteiger partial charge in [-0.1, -0.05) is 89.2 Å². The number of pyridine rings is 1. The summed E-state index contributed by atoms with van der Waals surface area (Å²) in [5, 5.41) is 0. The van der Waals surface area contributed by atoms with Gasteiger partial charge in [-0.05, 0) is 151 Å². The summed E-state index contributed by atoms with van der Waals surface area (Å²) in [4.78, 5) is 12.8. The predicted molar refractivity (Wildman–Crippen MR) is 234 cm³/mol. The molecule has 57 heavy (non-hydrogen) atoms. The van der Waals surface area contributed by atoms with Crippen molar-refractivity contribution in [2.75, 3.05) is 4.90 Å². The Bertz CT molecular complexity index is 2700. The predicted octanol–water partition coefficient (Wildman–Crippen LogP) is 13.5. The fourth-order valence-electron chi connectivity index (χ4n) is 9.27. The summed E-state index contributed by atoms with van der Waals surface area (Å²) in [6.45, 7) is 26.6. The lowest BCUT2D eigenvalue weighted by Gasteiger charge is -2.41. The number of aryl methyl sites for hydroxylation is 6. The van der Waals surface area contributed by atoms with Gasteiger partial charge in [0.15, 0.2) is 6.10 Å². The highest BCUT2D eigenvalue weighted by Gasteiger charge is 2.50. The van der Waals surface area contributed by atoms with Crippen LogP contribution in [0.4, 0.5) is 17.2 Å². The second-order valence-corrected chi connectivity index (χ2v) is 18.4. The molecule has 2 atom stereocenters. The average Bonchev–Trinajstić information content (AvgIpc) is 3.52. The van der Waals surface area contributed by atoms with Gasteiger partial charge in [-0.3, -0.25) is 4.90 Å². The quantitative estimate of drug-likeness (QED) is 0.180. The van der Waals surface area contributed by atoms with E-state index >= 15 is 0 Å². The topological polar surface area (TPSA) is 47.0 Å². The number of nitrogens with zero attached hydrogens (tertiary/aromatic N) is 3. The van der Waals surface area contributed by atoms with Crippen LogP contribution in [0.5, 0.6) is 11.5 Å². The summed E-state index contributed by atoms with van der Waals surface area (Å²) in [5.74, 6) is 3.08. The molecule has 2 aliphatic heterocycles. The van der Waals surface area contributed by atoms with E-state index in [4.69, 9.17) is 19.5 Å². The van der Waals surface area contributed by atoms with Crippen LogP contribution >= 0.6 is 0 Å². The number of hydrogen-bond acceptors (Lipinski definition) is 5. The third kappa shape index (κ3) is 5.72. The van der Waals surface area contributed by atoms with Crippen molar-refractivity contribution in [2.24, 2.45) is 4.99 Å². The van der Waals surface area contributed by atoms with Crippen LogP contribution in [0.3, 0.4) is 0 Å². The van der Waals surface area contributed by atoms with Crippen LogP contribution in [-0.4, -0.2) is 10.9 Å². The lowest BCUT2D eigenvalue weighted by molar-refractivity contribution is 0.145. The number of benzene rings is 5. The molecular weight excluding hydrogens is 699 g/mol. The third-order valence-electron chi connectivity index (χ3n) is 13.0. The molecule has 6 aromatic rings. The number of rotatable bonds is 4. The molecule has 0 fully saturated rings. The molecule has 0 unspecified atom stereocenters. The average molecular weight is 752 g/mol. The second kappa shape index (κ2) is 12.7. The fourth-order valence-corrected chi connectivity index (χ4v) is 9.27. The molecule has 0 saturated carbocycles. The van der Waals surface area contributed by atoms with Crippen molar-refractivity contribution in [2.45, 2.75) is 106 Å². The van der Waals surface area contributed by atoms with Gasteiger partial charge in [0.2, 0.25) is 5.90 Å². The van der Waals surface area contributed by atoms with E-state index in [1.165, 1.54) is 61.2 Å². The van der Waals surface area contributed by atoms with Gasteiger partial charge in [-0.15, -0.1) is 0 Å². The smallest absolute Gasteiger partial charge is 0.218 e. The number of anilines is 3. The lowest BCUT2D eigenvalue weighted by Crippen LogP contribution is -2.31. The van der Waals surface area contributed by atoms with Gasteiger partial charge >= 0.3 is 0 Å². The fraction of sp³-hybridized carbons (Fsp3) is 0.308. The van der Waals surface area contributed by atoms with E-state index in [2.05, 4.69) is 179 Å². The minimum Gasteiger partial charge on any atom is -0.466 e. The Balaban J connectivity index is 1.13. The molecule has 0 saturated heterocycles. The summed E-state index contributed by atoms with van der Waals surface area (Å²) in [6, 6.07) is 33.2. The molecular formula is C52H53N3O2. The molecule has 0 radical (unpaired) electrons. The number of hydrogen-bond donors (Lipinski definition) is 0. The van der Waals surface area contributed by atoms with Gasteiger partial charge < -0.3 is 9.47 Å². The number of para-hydroxylation sites is 1. The minimum atomic E-state index is -0.584. The van der Waals surface area contributed by atoms with Gasteiger partial charge in [0.1, 0.15) is 22.9 Å². The minimum absolute atomic E-state index is 0.0218. The lowest BCUT2D eigenvalue weighted by atomic mass is 9.71. The summed E-state index contributed by atoms with van der Waals surface area (Å²) in [7, 11) is 0. The van der Waals surface area contributed by atoms with Crippen LogP contribution in [-0.2, 0) is 21.1 Å². The van der Waals surface area contributed by atoms with Crippen molar-refractivity contribution in [1.82, 2.24) is 4.98 Å². The van der Waals surface area contributed by atoms with E-state index < -0.39 is 5.54 Å². The van der Waals surface area contributed by atoms with Crippen molar-refractivity contribution < 1.29 is 9.47 Å². The van der Waals surface area contributed by atoms with Crippen LogP contribution in [0.15, 0.2) is 102 Å². The molecule has 0 N–H and O–H groups in total. The van der Waals surface area contributed by atoms with Gasteiger partial charge in [0.05, 0.1) is 11.4 Å². The summed E-state index contributed by atoms with van der Waals surface area (Å²) in [6.07, 6.45) is 1.69. The van der Waals surface area contributed by atoms with Crippen molar-refractivity contribution >= 4 is 23.1 Å². The largest absolute Gasteiger partial charge is 0.466 e.